The van der Waals surface area contributed by atoms with E-state index in [0.29, 0.717) is 24.7 Å². The van der Waals surface area contributed by atoms with E-state index in [1.54, 1.807) is 12.1 Å². The molecule has 0 unspecified atom stereocenters. The van der Waals surface area contributed by atoms with Crippen LogP contribution in [0.5, 0.6) is 5.75 Å². The number of rotatable bonds is 5. The van der Waals surface area contributed by atoms with E-state index in [9.17, 15) is 8.42 Å². The van der Waals surface area contributed by atoms with Crippen molar-refractivity contribution in [2.24, 2.45) is 0 Å². The van der Waals surface area contributed by atoms with Gasteiger partial charge in [0, 0.05) is 25.8 Å². The number of nitrogens with zero attached hydrogens (tertiary/aromatic N) is 1. The third kappa shape index (κ3) is 3.53. The molecule has 8 heteroatoms. The summed E-state index contributed by atoms with van der Waals surface area (Å²) in [5.41, 5.74) is 1.34. The van der Waals surface area contributed by atoms with Crippen LogP contribution in [-0.2, 0) is 14.9 Å². The molecular weight excluding hydrogens is 282 g/mol. The third-order valence-electron chi connectivity index (χ3n) is 3.07. The number of benzene rings is 1. The number of hydrogen-bond acceptors (Lipinski definition) is 5. The molecule has 2 rings (SSSR count). The van der Waals surface area contributed by atoms with Gasteiger partial charge in [-0.25, -0.2) is 4.72 Å². The zero-order valence-corrected chi connectivity index (χ0v) is 12.4. The first-order chi connectivity index (χ1) is 9.55. The standard InChI is InChI=1S/C12H19N3O4S/c1-13-20(16,17)14-11-9-10(3-4-12(11)18-2)15-5-7-19-8-6-15/h3-4,9,13-14H,5-8H2,1-2H3. The molecule has 0 spiro atoms. The van der Waals surface area contributed by atoms with E-state index >= 15 is 0 Å². The van der Waals surface area contributed by atoms with Crippen LogP contribution >= 0.6 is 0 Å². The Bertz CT molecular complexity index is 556. The van der Waals surface area contributed by atoms with Crippen molar-refractivity contribution in [2.75, 3.05) is 50.1 Å². The molecule has 1 aromatic rings. The van der Waals surface area contributed by atoms with Crippen LogP contribution in [0.4, 0.5) is 11.4 Å². The number of methoxy groups -OCH3 is 1. The Kier molecular flexibility index (Phi) is 4.69. The summed E-state index contributed by atoms with van der Waals surface area (Å²) in [6, 6.07) is 5.42. The molecule has 7 nitrogen and oxygen atoms in total. The molecule has 1 fully saturated rings. The smallest absolute Gasteiger partial charge is 0.298 e. The highest BCUT2D eigenvalue weighted by molar-refractivity contribution is 7.90. The maximum atomic E-state index is 11.6. The predicted octanol–water partition coefficient (Wildman–Crippen LogP) is 0.408. The molecule has 2 N–H and O–H groups in total. The molecule has 0 saturated carbocycles. The van der Waals surface area contributed by atoms with Crippen molar-refractivity contribution in [3.63, 3.8) is 0 Å². The minimum Gasteiger partial charge on any atom is -0.495 e. The Labute approximate surface area is 119 Å². The Balaban J connectivity index is 2.28. The third-order valence-corrected chi connectivity index (χ3v) is 4.10. The molecule has 1 saturated heterocycles. The average Bonchev–Trinajstić information content (AvgIpc) is 2.48. The van der Waals surface area contributed by atoms with E-state index in [1.807, 2.05) is 6.07 Å². The fraction of sp³-hybridized carbons (Fsp3) is 0.500. The average molecular weight is 301 g/mol. The van der Waals surface area contributed by atoms with E-state index in [-0.39, 0.29) is 0 Å². The molecule has 0 radical (unpaired) electrons. The number of nitrogens with one attached hydrogen (secondary N) is 2. The zero-order valence-electron chi connectivity index (χ0n) is 11.5. The summed E-state index contributed by atoms with van der Waals surface area (Å²) in [5.74, 6) is 0.473. The predicted molar refractivity (Wildman–Crippen MR) is 77.6 cm³/mol. The van der Waals surface area contributed by atoms with Gasteiger partial charge < -0.3 is 14.4 Å². The summed E-state index contributed by atoms with van der Waals surface area (Å²) >= 11 is 0. The SMILES string of the molecule is CNS(=O)(=O)Nc1cc(N2CCOCC2)ccc1OC. The summed E-state index contributed by atoms with van der Waals surface area (Å²) < 4.78 is 38.4. The number of anilines is 2. The first kappa shape index (κ1) is 14.9. The normalized spacial score (nSPS) is 16.0. The van der Waals surface area contributed by atoms with Crippen LogP contribution in [0, 0.1) is 0 Å². The summed E-state index contributed by atoms with van der Waals surface area (Å²) in [4.78, 5) is 2.14. The van der Waals surface area contributed by atoms with Crippen LogP contribution in [0.15, 0.2) is 18.2 Å². The molecular formula is C12H19N3O4S. The van der Waals surface area contributed by atoms with E-state index in [1.165, 1.54) is 14.2 Å². The van der Waals surface area contributed by atoms with Crippen LogP contribution in [0.2, 0.25) is 0 Å². The van der Waals surface area contributed by atoms with Crippen molar-refractivity contribution in [3.8, 4) is 5.75 Å². The lowest BCUT2D eigenvalue weighted by Gasteiger charge is -2.29. The van der Waals surface area contributed by atoms with Crippen LogP contribution < -0.4 is 19.1 Å². The Morgan fingerprint density at radius 2 is 2.00 bits per heavy atom. The highest BCUT2D eigenvalue weighted by Gasteiger charge is 2.16. The molecule has 0 aromatic heterocycles. The van der Waals surface area contributed by atoms with Crippen molar-refractivity contribution in [1.29, 1.82) is 0 Å². The van der Waals surface area contributed by atoms with Crippen molar-refractivity contribution in [1.82, 2.24) is 4.72 Å². The lowest BCUT2D eigenvalue weighted by molar-refractivity contribution is 0.122. The van der Waals surface area contributed by atoms with Crippen LogP contribution in [0.25, 0.3) is 0 Å². The fourth-order valence-electron chi connectivity index (χ4n) is 1.99. The first-order valence-electron chi connectivity index (χ1n) is 6.28. The molecule has 112 valence electrons. The second-order valence-electron chi connectivity index (χ2n) is 4.29. The van der Waals surface area contributed by atoms with Crippen molar-refractivity contribution in [2.45, 2.75) is 0 Å². The van der Waals surface area contributed by atoms with Crippen molar-refractivity contribution < 1.29 is 17.9 Å². The maximum absolute atomic E-state index is 11.6. The van der Waals surface area contributed by atoms with Gasteiger partial charge in [-0.2, -0.15) is 8.42 Å². The van der Waals surface area contributed by atoms with Gasteiger partial charge in [0.25, 0.3) is 10.2 Å². The van der Waals surface area contributed by atoms with Gasteiger partial charge in [0.2, 0.25) is 0 Å². The molecule has 0 amide bonds. The van der Waals surface area contributed by atoms with Crippen molar-refractivity contribution >= 4 is 21.6 Å². The van der Waals surface area contributed by atoms with Crippen LogP contribution in [0.3, 0.4) is 0 Å². The van der Waals surface area contributed by atoms with Gasteiger partial charge in [-0.05, 0) is 18.2 Å². The number of hydrogen-bond donors (Lipinski definition) is 2. The van der Waals surface area contributed by atoms with E-state index in [4.69, 9.17) is 9.47 Å². The molecule has 0 atom stereocenters. The summed E-state index contributed by atoms with van der Waals surface area (Å²) in [5, 5.41) is 0. The maximum Gasteiger partial charge on any atom is 0.298 e. The highest BCUT2D eigenvalue weighted by Crippen LogP contribution is 2.30. The Morgan fingerprint density at radius 3 is 2.60 bits per heavy atom. The molecule has 1 aromatic carbocycles. The minimum absolute atomic E-state index is 0.408. The first-order valence-corrected chi connectivity index (χ1v) is 7.76. The van der Waals surface area contributed by atoms with Gasteiger partial charge in [-0.1, -0.05) is 0 Å². The van der Waals surface area contributed by atoms with Gasteiger partial charge in [-0.15, -0.1) is 0 Å². The number of ether oxygens (including phenoxy) is 2. The topological polar surface area (TPSA) is 79.9 Å². The monoisotopic (exact) mass is 301 g/mol. The zero-order chi connectivity index (χ0) is 14.6. The van der Waals surface area contributed by atoms with E-state index < -0.39 is 10.2 Å². The van der Waals surface area contributed by atoms with Crippen LogP contribution in [0.1, 0.15) is 0 Å². The largest absolute Gasteiger partial charge is 0.495 e. The molecule has 20 heavy (non-hydrogen) atoms. The lowest BCUT2D eigenvalue weighted by Crippen LogP contribution is -2.36. The molecule has 1 aliphatic rings. The Hall–Kier alpha value is -1.51. The molecule has 1 heterocycles. The van der Waals surface area contributed by atoms with Gasteiger partial charge in [-0.3, -0.25) is 4.72 Å². The Morgan fingerprint density at radius 1 is 1.30 bits per heavy atom. The summed E-state index contributed by atoms with van der Waals surface area (Å²) in [6.07, 6.45) is 0. The molecule has 1 aliphatic heterocycles. The van der Waals surface area contributed by atoms with Gasteiger partial charge in [0.15, 0.2) is 0 Å². The molecule has 0 bridgehead atoms. The summed E-state index contributed by atoms with van der Waals surface area (Å²) in [6.45, 7) is 2.91. The summed E-state index contributed by atoms with van der Waals surface area (Å²) in [7, 11) is -0.727. The lowest BCUT2D eigenvalue weighted by atomic mass is 10.2. The second-order valence-corrected chi connectivity index (χ2v) is 5.91. The quantitative estimate of drug-likeness (QED) is 0.823. The van der Waals surface area contributed by atoms with Crippen molar-refractivity contribution in [3.05, 3.63) is 18.2 Å². The van der Waals surface area contributed by atoms with Crippen LogP contribution in [-0.4, -0.2) is 48.9 Å². The second kappa shape index (κ2) is 6.29. The van der Waals surface area contributed by atoms with Gasteiger partial charge in [0.05, 0.1) is 26.0 Å². The van der Waals surface area contributed by atoms with Gasteiger partial charge in [0.1, 0.15) is 5.75 Å². The van der Waals surface area contributed by atoms with E-state index in [0.717, 1.165) is 18.8 Å². The molecule has 0 aliphatic carbocycles. The fourth-order valence-corrected chi connectivity index (χ4v) is 2.54. The highest BCUT2D eigenvalue weighted by atomic mass is 32.2. The van der Waals surface area contributed by atoms with Gasteiger partial charge >= 0.3 is 0 Å². The number of morpholine rings is 1. The minimum atomic E-state index is -3.58. The van der Waals surface area contributed by atoms with E-state index in [2.05, 4.69) is 14.3 Å².